The lowest BCUT2D eigenvalue weighted by molar-refractivity contribution is 0.660. The van der Waals surface area contributed by atoms with Gasteiger partial charge in [0.05, 0.1) is 22.4 Å². The maximum atomic E-state index is 2.48. The summed E-state index contributed by atoms with van der Waals surface area (Å²) in [5.74, 6) is 0. The van der Waals surface area contributed by atoms with E-state index in [9.17, 15) is 0 Å². The summed E-state index contributed by atoms with van der Waals surface area (Å²) in [6.45, 7) is 4.72. The molecule has 11 aromatic rings. The van der Waals surface area contributed by atoms with Gasteiger partial charge in [-0.15, -0.1) is 0 Å². The van der Waals surface area contributed by atoms with Crippen molar-refractivity contribution >= 4 is 60.4 Å². The third-order valence-electron chi connectivity index (χ3n) is 13.2. The van der Waals surface area contributed by atoms with E-state index >= 15 is 0 Å². The third-order valence-corrected chi connectivity index (χ3v) is 13.2. The maximum absolute atomic E-state index is 2.48. The Hall–Kier alpha value is -7.68. The number of nitrogens with zero attached hydrogens (tertiary/aromatic N) is 2. The van der Waals surface area contributed by atoms with E-state index in [0.717, 1.165) is 22.7 Å². The van der Waals surface area contributed by atoms with Crippen molar-refractivity contribution in [2.24, 2.45) is 0 Å². The van der Waals surface area contributed by atoms with Gasteiger partial charge >= 0.3 is 0 Å². The Balaban J connectivity index is 1.04. The second-order valence-corrected chi connectivity index (χ2v) is 16.9. The number of anilines is 3. The van der Waals surface area contributed by atoms with Crippen LogP contribution in [0.5, 0.6) is 0 Å². The minimum Gasteiger partial charge on any atom is -0.309 e. The van der Waals surface area contributed by atoms with Gasteiger partial charge in [-0.2, -0.15) is 0 Å². The summed E-state index contributed by atoms with van der Waals surface area (Å²) in [5.41, 5.74) is 17.1. The Morgan fingerprint density at radius 3 is 1.77 bits per heavy atom. The van der Waals surface area contributed by atoms with Crippen LogP contribution in [0, 0.1) is 0 Å². The normalized spacial score (nSPS) is 12.9. The Morgan fingerprint density at radius 1 is 0.377 bits per heavy atom. The van der Waals surface area contributed by atoms with E-state index in [-0.39, 0.29) is 5.41 Å². The smallest absolute Gasteiger partial charge is 0.0541 e. The Labute approximate surface area is 356 Å². The number of benzene rings is 10. The van der Waals surface area contributed by atoms with Crippen LogP contribution >= 0.6 is 0 Å². The molecule has 288 valence electrons. The Bertz CT molecular complexity index is 3460. The molecule has 12 rings (SSSR count). The standard InChI is InChI=1S/C59H42N2/c1-59(2)52-26-9-5-23-51(52)58-50(25-14-27-53(58)59)48-22-8-12-30-56(48)60(57-31-15-24-45-44-19-4-3-16-40(44)34-37-49(45)57)42-35-32-39(33-36-42)41-17-13-18-43(38-41)61-54-28-10-6-20-46(54)47-21-7-11-29-55(47)61/h3-38H,1-2H3. The molecule has 0 atom stereocenters. The topological polar surface area (TPSA) is 8.17 Å². The van der Waals surface area contributed by atoms with Gasteiger partial charge in [0.2, 0.25) is 0 Å². The van der Waals surface area contributed by atoms with E-state index in [1.165, 1.54) is 87.9 Å². The average Bonchev–Trinajstić information content (AvgIpc) is 3.78. The molecule has 1 heterocycles. The Morgan fingerprint density at radius 2 is 0.967 bits per heavy atom. The van der Waals surface area contributed by atoms with Crippen molar-refractivity contribution in [3.05, 3.63) is 230 Å². The van der Waals surface area contributed by atoms with Gasteiger partial charge in [0, 0.05) is 38.5 Å². The molecule has 1 aliphatic rings. The van der Waals surface area contributed by atoms with Crippen LogP contribution in [0.1, 0.15) is 25.0 Å². The minimum absolute atomic E-state index is 0.0953. The van der Waals surface area contributed by atoms with Crippen LogP contribution in [-0.2, 0) is 5.41 Å². The van der Waals surface area contributed by atoms with Gasteiger partial charge in [0.25, 0.3) is 0 Å². The molecule has 0 amide bonds. The monoisotopic (exact) mass is 778 g/mol. The largest absolute Gasteiger partial charge is 0.309 e. The quantitative estimate of drug-likeness (QED) is 0.153. The van der Waals surface area contributed by atoms with E-state index in [1.54, 1.807) is 0 Å². The fourth-order valence-corrected chi connectivity index (χ4v) is 10.3. The van der Waals surface area contributed by atoms with Crippen LogP contribution in [0.25, 0.3) is 82.4 Å². The predicted octanol–water partition coefficient (Wildman–Crippen LogP) is 16.2. The molecule has 61 heavy (non-hydrogen) atoms. The van der Waals surface area contributed by atoms with E-state index < -0.39 is 0 Å². The van der Waals surface area contributed by atoms with Crippen molar-refractivity contribution in [3.63, 3.8) is 0 Å². The van der Waals surface area contributed by atoms with Crippen LogP contribution in [0.15, 0.2) is 218 Å². The lowest BCUT2D eigenvalue weighted by Crippen LogP contribution is -2.15. The highest BCUT2D eigenvalue weighted by molar-refractivity contribution is 6.13. The third kappa shape index (κ3) is 5.42. The van der Waals surface area contributed by atoms with Gasteiger partial charge in [0.15, 0.2) is 0 Å². The molecule has 1 aromatic heterocycles. The fourth-order valence-electron chi connectivity index (χ4n) is 10.3. The molecule has 0 bridgehead atoms. The first kappa shape index (κ1) is 35.3. The summed E-state index contributed by atoms with van der Waals surface area (Å²) in [6.07, 6.45) is 0. The van der Waals surface area contributed by atoms with Crippen molar-refractivity contribution in [1.82, 2.24) is 4.57 Å². The summed E-state index contributed by atoms with van der Waals surface area (Å²) >= 11 is 0. The zero-order valence-electron chi connectivity index (χ0n) is 34.2. The van der Waals surface area contributed by atoms with Crippen molar-refractivity contribution < 1.29 is 0 Å². The first-order valence-corrected chi connectivity index (χ1v) is 21.3. The highest BCUT2D eigenvalue weighted by atomic mass is 15.1. The number of hydrogen-bond acceptors (Lipinski definition) is 1. The van der Waals surface area contributed by atoms with Crippen LogP contribution in [-0.4, -0.2) is 4.57 Å². The van der Waals surface area contributed by atoms with Crippen LogP contribution in [0.3, 0.4) is 0 Å². The molecule has 1 aliphatic carbocycles. The highest BCUT2D eigenvalue weighted by Gasteiger charge is 2.37. The van der Waals surface area contributed by atoms with Crippen LogP contribution in [0.4, 0.5) is 17.1 Å². The number of hydrogen-bond donors (Lipinski definition) is 0. The molecule has 0 radical (unpaired) electrons. The molecular formula is C59H42N2. The second-order valence-electron chi connectivity index (χ2n) is 16.9. The lowest BCUT2D eigenvalue weighted by Gasteiger charge is -2.30. The lowest BCUT2D eigenvalue weighted by atomic mass is 9.82. The van der Waals surface area contributed by atoms with Crippen LogP contribution < -0.4 is 4.90 Å². The molecular weight excluding hydrogens is 737 g/mol. The van der Waals surface area contributed by atoms with Crippen molar-refractivity contribution in [3.8, 4) is 39.1 Å². The molecule has 0 unspecified atom stereocenters. The minimum atomic E-state index is -0.0953. The molecule has 0 aliphatic heterocycles. The molecule has 0 fully saturated rings. The molecule has 2 heteroatoms. The second kappa shape index (κ2) is 13.7. The van der Waals surface area contributed by atoms with Gasteiger partial charge in [-0.05, 0) is 104 Å². The van der Waals surface area contributed by atoms with Gasteiger partial charge in [-0.3, -0.25) is 0 Å². The van der Waals surface area contributed by atoms with E-state index in [0.29, 0.717) is 0 Å². The maximum Gasteiger partial charge on any atom is 0.0541 e. The first-order valence-electron chi connectivity index (χ1n) is 21.3. The summed E-state index contributed by atoms with van der Waals surface area (Å²) in [4.78, 5) is 2.48. The van der Waals surface area contributed by atoms with Crippen LogP contribution in [0.2, 0.25) is 0 Å². The summed E-state index contributed by atoms with van der Waals surface area (Å²) in [6, 6.07) is 80.4. The molecule has 0 spiro atoms. The fraction of sp³-hybridized carbons (Fsp3) is 0.0508. The zero-order valence-corrected chi connectivity index (χ0v) is 34.2. The molecule has 2 nitrogen and oxygen atoms in total. The molecule has 0 N–H and O–H groups in total. The molecule has 0 saturated heterocycles. The van der Waals surface area contributed by atoms with Gasteiger partial charge in [-0.25, -0.2) is 0 Å². The SMILES string of the molecule is CC1(C)c2ccccc2-c2c(-c3ccccc3N(c3ccc(-c4cccc(-n5c6ccccc6c6ccccc65)c4)cc3)c3cccc4c3ccc3ccccc34)cccc21. The van der Waals surface area contributed by atoms with Crippen molar-refractivity contribution in [1.29, 1.82) is 0 Å². The van der Waals surface area contributed by atoms with Gasteiger partial charge < -0.3 is 9.47 Å². The van der Waals surface area contributed by atoms with Crippen molar-refractivity contribution in [2.45, 2.75) is 19.3 Å². The van der Waals surface area contributed by atoms with E-state index in [1.807, 2.05) is 0 Å². The van der Waals surface area contributed by atoms with Crippen molar-refractivity contribution in [2.75, 3.05) is 4.90 Å². The average molecular weight is 779 g/mol. The van der Waals surface area contributed by atoms with Gasteiger partial charge in [0.1, 0.15) is 0 Å². The first-order chi connectivity index (χ1) is 30.0. The predicted molar refractivity (Wildman–Crippen MR) is 259 cm³/mol. The summed E-state index contributed by atoms with van der Waals surface area (Å²) < 4.78 is 2.39. The highest BCUT2D eigenvalue weighted by Crippen LogP contribution is 2.54. The summed E-state index contributed by atoms with van der Waals surface area (Å²) in [7, 11) is 0. The van der Waals surface area contributed by atoms with Gasteiger partial charge in [-0.1, -0.05) is 184 Å². The number of aromatic nitrogens is 1. The number of fused-ring (bicyclic) bond motifs is 9. The number of rotatable bonds is 6. The number of para-hydroxylation sites is 3. The van der Waals surface area contributed by atoms with E-state index in [2.05, 4.69) is 242 Å². The summed E-state index contributed by atoms with van der Waals surface area (Å²) in [5, 5.41) is 7.49. The van der Waals surface area contributed by atoms with E-state index in [4.69, 9.17) is 0 Å². The molecule has 10 aromatic carbocycles. The zero-order chi connectivity index (χ0) is 40.7. The Kier molecular flexibility index (Phi) is 7.92. The molecule has 0 saturated carbocycles.